The molecule has 3 atom stereocenters. The third-order valence-electron chi connectivity index (χ3n) is 4.80. The van der Waals surface area contributed by atoms with Crippen LogP contribution in [-0.2, 0) is 16.0 Å². The van der Waals surface area contributed by atoms with Gasteiger partial charge in [-0.1, -0.05) is 0 Å². The molecule has 2 aliphatic heterocycles. The molecule has 0 radical (unpaired) electrons. The van der Waals surface area contributed by atoms with Crippen molar-refractivity contribution in [1.29, 1.82) is 0 Å². The molecule has 7 nitrogen and oxygen atoms in total. The van der Waals surface area contributed by atoms with E-state index in [0.717, 1.165) is 39.1 Å². The Bertz CT molecular complexity index is 619. The zero-order valence-corrected chi connectivity index (χ0v) is 15.2. The molecule has 2 aliphatic rings. The van der Waals surface area contributed by atoms with Crippen molar-refractivity contribution in [1.82, 2.24) is 9.80 Å². The van der Waals surface area contributed by atoms with E-state index in [0.29, 0.717) is 23.9 Å². The Balaban J connectivity index is 1.56. The van der Waals surface area contributed by atoms with Crippen molar-refractivity contribution < 1.29 is 18.3 Å². The molecule has 0 aromatic heterocycles. The van der Waals surface area contributed by atoms with Crippen LogP contribution in [0.4, 0.5) is 5.69 Å². The van der Waals surface area contributed by atoms with E-state index < -0.39 is 11.3 Å². The molecule has 0 aliphatic carbocycles. The van der Waals surface area contributed by atoms with Crippen molar-refractivity contribution >= 4 is 22.9 Å². The number of carbonyl (C=O) groups is 1. The first kappa shape index (κ1) is 18.3. The second kappa shape index (κ2) is 8.27. The molecule has 2 N–H and O–H groups in total. The quantitative estimate of drug-likeness (QED) is 0.772. The van der Waals surface area contributed by atoms with Gasteiger partial charge in [0.05, 0.1) is 6.10 Å². The Labute approximate surface area is 150 Å². The highest BCUT2D eigenvalue weighted by Gasteiger charge is 2.30. The van der Waals surface area contributed by atoms with E-state index in [4.69, 9.17) is 9.29 Å². The maximum Gasteiger partial charge on any atom is 0.259 e. The van der Waals surface area contributed by atoms with Gasteiger partial charge in [-0.2, -0.15) is 0 Å². The van der Waals surface area contributed by atoms with Crippen molar-refractivity contribution in [3.05, 3.63) is 29.8 Å². The molecule has 0 spiro atoms. The average Bonchev–Trinajstić information content (AvgIpc) is 3.07. The zero-order chi connectivity index (χ0) is 17.8. The van der Waals surface area contributed by atoms with Gasteiger partial charge < -0.3 is 9.64 Å². The summed E-state index contributed by atoms with van der Waals surface area (Å²) in [5.74, 6) is 0.000868. The number of nitrogens with one attached hydrogen (secondary N) is 1. The minimum Gasteiger partial charge on any atom is -0.377 e. The maximum absolute atomic E-state index is 12.7. The number of rotatable bonds is 5. The Kier molecular flexibility index (Phi) is 6.06. The summed E-state index contributed by atoms with van der Waals surface area (Å²) < 4.78 is 27.7. The number of hydrogen-bond donors (Lipinski definition) is 2. The summed E-state index contributed by atoms with van der Waals surface area (Å²) >= 11 is -2.11. The van der Waals surface area contributed by atoms with Crippen LogP contribution in [0.2, 0.25) is 0 Å². The molecule has 0 saturated carbocycles. The summed E-state index contributed by atoms with van der Waals surface area (Å²) in [6, 6.07) is 6.79. The molecule has 8 heteroatoms. The standard InChI is InChI=1S/C17H25N3O4S/c1-13-11-19(12-16-3-2-10-24-16)8-9-20(13)17(21)14-4-6-15(7-5-14)18-25(22)23/h4-7,13,16,18H,2-3,8-12H2,1H3,(H,22,23)/t13-,16?/m0/s1. The Hall–Kier alpha value is -1.48. The molecule has 138 valence electrons. The van der Waals surface area contributed by atoms with Crippen LogP contribution >= 0.6 is 0 Å². The number of ether oxygens (including phenoxy) is 1. The lowest BCUT2D eigenvalue weighted by Crippen LogP contribution is -2.55. The van der Waals surface area contributed by atoms with E-state index in [1.807, 2.05) is 4.90 Å². The van der Waals surface area contributed by atoms with E-state index in [9.17, 15) is 9.00 Å². The summed E-state index contributed by atoms with van der Waals surface area (Å²) in [6.45, 7) is 6.31. The van der Waals surface area contributed by atoms with Gasteiger partial charge in [0, 0.05) is 50.1 Å². The minimum absolute atomic E-state index is 0.000868. The molecule has 0 bridgehead atoms. The molecule has 2 fully saturated rings. The molecule has 1 amide bonds. The van der Waals surface area contributed by atoms with Crippen LogP contribution in [0, 0.1) is 0 Å². The lowest BCUT2D eigenvalue weighted by Gasteiger charge is -2.40. The predicted octanol–water partition coefficient (Wildman–Crippen LogP) is 1.56. The van der Waals surface area contributed by atoms with Crippen molar-refractivity contribution in [3.63, 3.8) is 0 Å². The van der Waals surface area contributed by atoms with Crippen molar-refractivity contribution in [2.24, 2.45) is 0 Å². The molecule has 1 aromatic carbocycles. The largest absolute Gasteiger partial charge is 0.377 e. The normalized spacial score (nSPS) is 25.8. The zero-order valence-electron chi connectivity index (χ0n) is 14.4. The van der Waals surface area contributed by atoms with Gasteiger partial charge >= 0.3 is 0 Å². The van der Waals surface area contributed by atoms with Gasteiger partial charge in [0.25, 0.3) is 17.2 Å². The van der Waals surface area contributed by atoms with E-state index in [-0.39, 0.29) is 11.9 Å². The van der Waals surface area contributed by atoms with Gasteiger partial charge in [-0.15, -0.1) is 0 Å². The average molecular weight is 367 g/mol. The summed E-state index contributed by atoms with van der Waals surface area (Å²) in [5.41, 5.74) is 1.10. The van der Waals surface area contributed by atoms with Crippen LogP contribution in [0.15, 0.2) is 24.3 Å². The first-order valence-electron chi connectivity index (χ1n) is 8.65. The van der Waals surface area contributed by atoms with Gasteiger partial charge in [-0.25, -0.2) is 4.21 Å². The number of hydrogen-bond acceptors (Lipinski definition) is 4. The summed E-state index contributed by atoms with van der Waals surface area (Å²) in [7, 11) is 0. The molecule has 1 aromatic rings. The van der Waals surface area contributed by atoms with Crippen LogP contribution in [0.25, 0.3) is 0 Å². The highest BCUT2D eigenvalue weighted by atomic mass is 32.2. The summed E-state index contributed by atoms with van der Waals surface area (Å²) in [4.78, 5) is 17.0. The molecule has 2 unspecified atom stereocenters. The number of amides is 1. The van der Waals surface area contributed by atoms with Gasteiger partial charge in [0.15, 0.2) is 0 Å². The topological polar surface area (TPSA) is 82.1 Å². The number of benzene rings is 1. The van der Waals surface area contributed by atoms with Crippen LogP contribution in [-0.4, -0.2) is 69.4 Å². The van der Waals surface area contributed by atoms with Gasteiger partial charge in [0.1, 0.15) is 0 Å². The van der Waals surface area contributed by atoms with E-state index in [1.165, 1.54) is 0 Å². The lowest BCUT2D eigenvalue weighted by atomic mass is 10.1. The third-order valence-corrected chi connectivity index (χ3v) is 5.21. The fraction of sp³-hybridized carbons (Fsp3) is 0.588. The number of piperazine rings is 1. The maximum atomic E-state index is 12.7. The highest BCUT2D eigenvalue weighted by Crippen LogP contribution is 2.19. The fourth-order valence-corrected chi connectivity index (χ4v) is 3.86. The Morgan fingerprint density at radius 2 is 2.12 bits per heavy atom. The van der Waals surface area contributed by atoms with Crippen LogP contribution in [0.1, 0.15) is 30.1 Å². The molecular formula is C17H25N3O4S. The Morgan fingerprint density at radius 3 is 2.72 bits per heavy atom. The van der Waals surface area contributed by atoms with E-state index in [1.54, 1.807) is 24.3 Å². The number of carbonyl (C=O) groups excluding carboxylic acids is 1. The second-order valence-corrected chi connectivity index (χ2v) is 7.37. The second-order valence-electron chi connectivity index (χ2n) is 6.67. The first-order valence-corrected chi connectivity index (χ1v) is 9.76. The molecular weight excluding hydrogens is 342 g/mol. The van der Waals surface area contributed by atoms with Gasteiger partial charge in [0.2, 0.25) is 0 Å². The monoisotopic (exact) mass is 367 g/mol. The third kappa shape index (κ3) is 4.78. The van der Waals surface area contributed by atoms with Gasteiger partial charge in [-0.05, 0) is 44.0 Å². The SMILES string of the molecule is C[C@H]1CN(CC2CCCO2)CCN1C(=O)c1ccc(NS(=O)O)cc1. The molecule has 25 heavy (non-hydrogen) atoms. The predicted molar refractivity (Wildman–Crippen MR) is 96.7 cm³/mol. The van der Waals surface area contributed by atoms with Crippen LogP contribution in [0.5, 0.6) is 0 Å². The van der Waals surface area contributed by atoms with Crippen molar-refractivity contribution in [2.45, 2.75) is 31.9 Å². The van der Waals surface area contributed by atoms with Crippen LogP contribution < -0.4 is 4.72 Å². The molecule has 3 rings (SSSR count). The van der Waals surface area contributed by atoms with Crippen molar-refractivity contribution in [3.8, 4) is 0 Å². The van der Waals surface area contributed by atoms with Gasteiger partial charge in [-0.3, -0.25) is 19.0 Å². The van der Waals surface area contributed by atoms with E-state index >= 15 is 0 Å². The lowest BCUT2D eigenvalue weighted by molar-refractivity contribution is 0.0279. The fourth-order valence-electron chi connectivity index (χ4n) is 3.52. The minimum atomic E-state index is -2.11. The number of anilines is 1. The summed E-state index contributed by atoms with van der Waals surface area (Å²) in [5, 5.41) is 0. The Morgan fingerprint density at radius 1 is 1.36 bits per heavy atom. The highest BCUT2D eigenvalue weighted by molar-refractivity contribution is 7.80. The molecule has 2 saturated heterocycles. The summed E-state index contributed by atoms with van der Waals surface area (Å²) in [6.07, 6.45) is 2.62. The molecule has 2 heterocycles. The first-order chi connectivity index (χ1) is 12.0. The van der Waals surface area contributed by atoms with Crippen molar-refractivity contribution in [2.75, 3.05) is 37.5 Å². The van der Waals surface area contributed by atoms with Crippen LogP contribution in [0.3, 0.4) is 0 Å². The number of nitrogens with zero attached hydrogens (tertiary/aromatic N) is 2. The van der Waals surface area contributed by atoms with E-state index in [2.05, 4.69) is 16.5 Å². The smallest absolute Gasteiger partial charge is 0.259 e.